The average molecular weight is 317 g/mol. The number of nitrogens with one attached hydrogen (secondary N) is 1. The number of benzene rings is 1. The first-order chi connectivity index (χ1) is 10.5. The summed E-state index contributed by atoms with van der Waals surface area (Å²) in [6, 6.07) is 11.5. The van der Waals surface area contributed by atoms with Gasteiger partial charge < -0.3 is 10.1 Å². The molecule has 2 rings (SSSR count). The molecule has 22 heavy (non-hydrogen) atoms. The molecule has 1 heterocycles. The van der Waals surface area contributed by atoms with Crippen LogP contribution in [0, 0.1) is 6.92 Å². The van der Waals surface area contributed by atoms with E-state index >= 15 is 0 Å². The van der Waals surface area contributed by atoms with Crippen molar-refractivity contribution in [3.8, 4) is 0 Å². The summed E-state index contributed by atoms with van der Waals surface area (Å²) in [5.41, 5.74) is 2.02. The summed E-state index contributed by atoms with van der Waals surface area (Å²) in [5.74, 6) is -0.694. The standard InChI is InChI=1S/C17H19NO3S/c1-12-5-7-14(8-6-12)10-17(20)21-11-16(19)18-13(2)15-4-3-9-22-15/h3-9,13H,10-11H2,1-2H3,(H,18,19)/t13-/m0/s1. The molecular weight excluding hydrogens is 298 g/mol. The van der Waals surface area contributed by atoms with Crippen LogP contribution in [-0.2, 0) is 20.7 Å². The number of rotatable bonds is 6. The van der Waals surface area contributed by atoms with Gasteiger partial charge >= 0.3 is 5.97 Å². The lowest BCUT2D eigenvalue weighted by Crippen LogP contribution is -2.31. The molecule has 0 spiro atoms. The summed E-state index contributed by atoms with van der Waals surface area (Å²) in [7, 11) is 0. The van der Waals surface area contributed by atoms with E-state index in [1.54, 1.807) is 11.3 Å². The molecule has 5 heteroatoms. The van der Waals surface area contributed by atoms with Crippen LogP contribution in [0.5, 0.6) is 0 Å². The lowest BCUT2D eigenvalue weighted by molar-refractivity contribution is -0.148. The Balaban J connectivity index is 1.73. The Morgan fingerprint density at radius 1 is 1.23 bits per heavy atom. The van der Waals surface area contributed by atoms with Gasteiger partial charge in [0.05, 0.1) is 12.5 Å². The molecule has 2 aromatic rings. The maximum Gasteiger partial charge on any atom is 0.310 e. The van der Waals surface area contributed by atoms with Crippen molar-refractivity contribution in [2.75, 3.05) is 6.61 Å². The Hall–Kier alpha value is -2.14. The smallest absolute Gasteiger partial charge is 0.310 e. The predicted octanol–water partition coefficient (Wildman–Crippen LogP) is 3.02. The molecule has 0 radical (unpaired) electrons. The summed E-state index contributed by atoms with van der Waals surface area (Å²) in [4.78, 5) is 24.6. The lowest BCUT2D eigenvalue weighted by Gasteiger charge is -2.12. The van der Waals surface area contributed by atoms with Gasteiger partial charge in [0.25, 0.3) is 5.91 Å². The van der Waals surface area contributed by atoms with E-state index in [2.05, 4.69) is 5.32 Å². The van der Waals surface area contributed by atoms with E-state index in [-0.39, 0.29) is 25.0 Å². The molecule has 1 aromatic heterocycles. The topological polar surface area (TPSA) is 55.4 Å². The van der Waals surface area contributed by atoms with Crippen LogP contribution in [0.2, 0.25) is 0 Å². The fourth-order valence-corrected chi connectivity index (χ4v) is 2.70. The Labute approximate surface area is 134 Å². The van der Waals surface area contributed by atoms with Gasteiger partial charge in [-0.25, -0.2) is 0 Å². The van der Waals surface area contributed by atoms with Gasteiger partial charge in [0, 0.05) is 4.88 Å². The van der Waals surface area contributed by atoms with Gasteiger partial charge in [-0.2, -0.15) is 0 Å². The number of carbonyl (C=O) groups excluding carboxylic acids is 2. The molecule has 0 aliphatic heterocycles. The van der Waals surface area contributed by atoms with Gasteiger partial charge in [0.2, 0.25) is 0 Å². The van der Waals surface area contributed by atoms with Crippen molar-refractivity contribution in [2.45, 2.75) is 26.3 Å². The van der Waals surface area contributed by atoms with Crippen LogP contribution in [0.4, 0.5) is 0 Å². The zero-order chi connectivity index (χ0) is 15.9. The molecule has 4 nitrogen and oxygen atoms in total. The number of aryl methyl sites for hydroxylation is 1. The molecule has 1 atom stereocenters. The van der Waals surface area contributed by atoms with E-state index in [1.807, 2.05) is 55.6 Å². The van der Waals surface area contributed by atoms with E-state index in [0.29, 0.717) is 0 Å². The Morgan fingerprint density at radius 2 is 1.95 bits per heavy atom. The molecule has 0 saturated carbocycles. The van der Waals surface area contributed by atoms with E-state index in [9.17, 15) is 9.59 Å². The normalized spacial score (nSPS) is 11.7. The number of thiophene rings is 1. The number of ether oxygens (including phenoxy) is 1. The minimum Gasteiger partial charge on any atom is -0.455 e. The van der Waals surface area contributed by atoms with E-state index < -0.39 is 5.97 Å². The summed E-state index contributed by atoms with van der Waals surface area (Å²) >= 11 is 1.58. The van der Waals surface area contributed by atoms with Crippen LogP contribution >= 0.6 is 11.3 Å². The van der Waals surface area contributed by atoms with Crippen molar-refractivity contribution in [3.63, 3.8) is 0 Å². The molecule has 0 saturated heterocycles. The SMILES string of the molecule is Cc1ccc(CC(=O)OCC(=O)N[C@@H](C)c2cccs2)cc1. The minimum atomic E-state index is -0.400. The molecule has 1 aromatic carbocycles. The number of hydrogen-bond donors (Lipinski definition) is 1. The molecule has 0 aliphatic carbocycles. The largest absolute Gasteiger partial charge is 0.455 e. The second-order valence-corrected chi connectivity index (χ2v) is 6.11. The fraction of sp³-hybridized carbons (Fsp3) is 0.294. The highest BCUT2D eigenvalue weighted by Crippen LogP contribution is 2.17. The second kappa shape index (κ2) is 7.75. The highest BCUT2D eigenvalue weighted by Gasteiger charge is 2.12. The van der Waals surface area contributed by atoms with Crippen molar-refractivity contribution in [1.82, 2.24) is 5.32 Å². The zero-order valence-electron chi connectivity index (χ0n) is 12.7. The maximum absolute atomic E-state index is 11.8. The van der Waals surface area contributed by atoms with Crippen molar-refractivity contribution in [1.29, 1.82) is 0 Å². The molecule has 0 fully saturated rings. The fourth-order valence-electron chi connectivity index (χ4n) is 1.96. The van der Waals surface area contributed by atoms with Gasteiger partial charge in [0.15, 0.2) is 6.61 Å². The van der Waals surface area contributed by atoms with Gasteiger partial charge in [-0.15, -0.1) is 11.3 Å². The molecular formula is C17H19NO3S. The van der Waals surface area contributed by atoms with Crippen molar-refractivity contribution in [3.05, 3.63) is 57.8 Å². The Bertz CT molecular complexity index is 620. The summed E-state index contributed by atoms with van der Waals surface area (Å²) in [6.45, 7) is 3.64. The highest BCUT2D eigenvalue weighted by atomic mass is 32.1. The lowest BCUT2D eigenvalue weighted by atomic mass is 10.1. The van der Waals surface area contributed by atoms with Crippen LogP contribution in [0.25, 0.3) is 0 Å². The maximum atomic E-state index is 11.8. The van der Waals surface area contributed by atoms with E-state index in [0.717, 1.165) is 16.0 Å². The van der Waals surface area contributed by atoms with Crippen molar-refractivity contribution < 1.29 is 14.3 Å². The van der Waals surface area contributed by atoms with Crippen molar-refractivity contribution in [2.24, 2.45) is 0 Å². The highest BCUT2D eigenvalue weighted by molar-refractivity contribution is 7.10. The molecule has 1 amide bonds. The minimum absolute atomic E-state index is 0.0803. The van der Waals surface area contributed by atoms with Gasteiger partial charge in [-0.1, -0.05) is 35.9 Å². The average Bonchev–Trinajstić information content (AvgIpc) is 3.02. The number of carbonyl (C=O) groups is 2. The number of amides is 1. The molecule has 116 valence electrons. The monoisotopic (exact) mass is 317 g/mol. The van der Waals surface area contributed by atoms with Gasteiger partial charge in [-0.05, 0) is 30.9 Å². The number of esters is 1. The van der Waals surface area contributed by atoms with Crippen LogP contribution in [0.1, 0.15) is 29.0 Å². The van der Waals surface area contributed by atoms with E-state index in [1.165, 1.54) is 0 Å². The first kappa shape index (κ1) is 16.2. The van der Waals surface area contributed by atoms with Crippen LogP contribution in [0.15, 0.2) is 41.8 Å². The molecule has 0 unspecified atom stereocenters. The quantitative estimate of drug-likeness (QED) is 0.833. The Morgan fingerprint density at radius 3 is 2.59 bits per heavy atom. The van der Waals surface area contributed by atoms with Crippen LogP contribution in [-0.4, -0.2) is 18.5 Å². The Kier molecular flexibility index (Phi) is 5.72. The third-order valence-electron chi connectivity index (χ3n) is 3.18. The van der Waals surface area contributed by atoms with E-state index in [4.69, 9.17) is 4.74 Å². The summed E-state index contributed by atoms with van der Waals surface area (Å²) in [5, 5.41) is 4.76. The molecule has 1 N–H and O–H groups in total. The van der Waals surface area contributed by atoms with Gasteiger partial charge in [-0.3, -0.25) is 9.59 Å². The predicted molar refractivity (Wildman–Crippen MR) is 86.7 cm³/mol. The third-order valence-corrected chi connectivity index (χ3v) is 4.24. The van der Waals surface area contributed by atoms with Crippen molar-refractivity contribution >= 4 is 23.2 Å². The van der Waals surface area contributed by atoms with Crippen LogP contribution < -0.4 is 5.32 Å². The third kappa shape index (κ3) is 5.00. The molecule has 0 aliphatic rings. The second-order valence-electron chi connectivity index (χ2n) is 5.13. The molecule has 0 bridgehead atoms. The zero-order valence-corrected chi connectivity index (χ0v) is 13.5. The van der Waals surface area contributed by atoms with Crippen LogP contribution in [0.3, 0.4) is 0 Å². The summed E-state index contributed by atoms with van der Waals surface area (Å²) in [6.07, 6.45) is 0.175. The van der Waals surface area contributed by atoms with Gasteiger partial charge in [0.1, 0.15) is 0 Å². The first-order valence-electron chi connectivity index (χ1n) is 7.08. The summed E-state index contributed by atoms with van der Waals surface area (Å²) < 4.78 is 5.01. The number of hydrogen-bond acceptors (Lipinski definition) is 4. The first-order valence-corrected chi connectivity index (χ1v) is 7.96.